The van der Waals surface area contributed by atoms with E-state index in [1.807, 2.05) is 19.2 Å². The highest BCUT2D eigenvalue weighted by Gasteiger charge is 2.16. The average Bonchev–Trinajstić information content (AvgIpc) is 2.62. The lowest BCUT2D eigenvalue weighted by Gasteiger charge is -2.09. The van der Waals surface area contributed by atoms with Crippen LogP contribution in [-0.4, -0.2) is 9.78 Å². The summed E-state index contributed by atoms with van der Waals surface area (Å²) in [7, 11) is 1.90. The fourth-order valence-corrected chi connectivity index (χ4v) is 2.24. The largest absolute Gasteiger partial charge is 0.394 e. The first-order valence-corrected chi connectivity index (χ1v) is 7.05. The number of hydrogen-bond donors (Lipinski definition) is 2. The maximum Gasteiger partial charge on any atom is 0.152 e. The van der Waals surface area contributed by atoms with E-state index in [1.165, 1.54) is 5.56 Å². The molecule has 3 N–H and O–H groups in total. The number of anilines is 3. The minimum absolute atomic E-state index is 0.313. The van der Waals surface area contributed by atoms with E-state index in [1.54, 1.807) is 4.68 Å². The monoisotopic (exact) mass is 322 g/mol. The van der Waals surface area contributed by atoms with Gasteiger partial charge >= 0.3 is 0 Å². The highest BCUT2D eigenvalue weighted by molar-refractivity contribution is 9.10. The van der Waals surface area contributed by atoms with Gasteiger partial charge in [-0.1, -0.05) is 29.8 Å². The zero-order valence-corrected chi connectivity index (χ0v) is 13.2. The SMILES string of the molecule is Cc1cc(Nc2c(N)c(C(C)C)nn2C)ccc1Br. The standard InChI is InChI=1S/C14H19BrN4/c1-8(2)13-12(16)14(19(4)18-13)17-10-5-6-11(15)9(3)7-10/h5-8,17H,16H2,1-4H3. The molecule has 1 aromatic heterocycles. The van der Waals surface area contributed by atoms with E-state index < -0.39 is 0 Å². The number of hydrogen-bond acceptors (Lipinski definition) is 3. The molecular weight excluding hydrogens is 304 g/mol. The quantitative estimate of drug-likeness (QED) is 0.899. The van der Waals surface area contributed by atoms with Gasteiger partial charge in [-0.25, -0.2) is 0 Å². The summed E-state index contributed by atoms with van der Waals surface area (Å²) in [6.45, 7) is 6.24. The number of nitrogens with one attached hydrogen (secondary N) is 1. The van der Waals surface area contributed by atoms with Crippen molar-refractivity contribution in [1.82, 2.24) is 9.78 Å². The van der Waals surface area contributed by atoms with Gasteiger partial charge in [0.25, 0.3) is 0 Å². The van der Waals surface area contributed by atoms with Gasteiger partial charge in [0.2, 0.25) is 0 Å². The number of nitrogens with zero attached hydrogens (tertiary/aromatic N) is 2. The summed E-state index contributed by atoms with van der Waals surface area (Å²) >= 11 is 3.50. The minimum atomic E-state index is 0.313. The van der Waals surface area contributed by atoms with Crippen molar-refractivity contribution < 1.29 is 0 Å². The van der Waals surface area contributed by atoms with Crippen LogP contribution >= 0.6 is 15.9 Å². The molecule has 0 unspecified atom stereocenters. The van der Waals surface area contributed by atoms with Gasteiger partial charge in [0.05, 0.1) is 11.4 Å². The molecule has 2 rings (SSSR count). The van der Waals surface area contributed by atoms with Crippen molar-refractivity contribution in [3.05, 3.63) is 33.9 Å². The summed E-state index contributed by atoms with van der Waals surface area (Å²) in [5.74, 6) is 1.15. The van der Waals surface area contributed by atoms with Gasteiger partial charge in [-0.05, 0) is 36.6 Å². The Labute approximate surface area is 122 Å². The predicted molar refractivity (Wildman–Crippen MR) is 83.9 cm³/mol. The van der Waals surface area contributed by atoms with Crippen molar-refractivity contribution >= 4 is 33.1 Å². The van der Waals surface area contributed by atoms with Crippen molar-refractivity contribution in [1.29, 1.82) is 0 Å². The lowest BCUT2D eigenvalue weighted by atomic mass is 10.1. The van der Waals surface area contributed by atoms with E-state index in [0.717, 1.165) is 27.4 Å². The second kappa shape index (κ2) is 5.25. The predicted octanol–water partition coefficient (Wildman–Crippen LogP) is 3.94. The van der Waals surface area contributed by atoms with E-state index in [0.29, 0.717) is 5.92 Å². The first-order chi connectivity index (χ1) is 8.90. The summed E-state index contributed by atoms with van der Waals surface area (Å²) in [6, 6.07) is 6.11. The third-order valence-corrected chi connectivity index (χ3v) is 3.97. The summed E-state index contributed by atoms with van der Waals surface area (Å²) in [6.07, 6.45) is 0. The molecule has 0 fully saturated rings. The second-order valence-electron chi connectivity index (χ2n) is 5.01. The molecule has 1 heterocycles. The van der Waals surface area contributed by atoms with Gasteiger partial charge in [0.15, 0.2) is 5.82 Å². The number of benzene rings is 1. The molecule has 102 valence electrons. The molecule has 0 aliphatic carbocycles. The maximum absolute atomic E-state index is 6.17. The molecule has 0 bridgehead atoms. The van der Waals surface area contributed by atoms with Gasteiger partial charge in [0, 0.05) is 17.2 Å². The highest BCUT2D eigenvalue weighted by atomic mass is 79.9. The fourth-order valence-electron chi connectivity index (χ4n) is 1.99. The van der Waals surface area contributed by atoms with Gasteiger partial charge in [-0.2, -0.15) is 5.10 Å². The molecule has 0 atom stereocenters. The van der Waals surface area contributed by atoms with Gasteiger partial charge in [0.1, 0.15) is 0 Å². The first-order valence-electron chi connectivity index (χ1n) is 6.25. The van der Waals surface area contributed by atoms with Crippen LogP contribution in [0, 0.1) is 6.92 Å². The Morgan fingerprint density at radius 1 is 1.37 bits per heavy atom. The van der Waals surface area contributed by atoms with Crippen LogP contribution in [0.4, 0.5) is 17.2 Å². The summed E-state index contributed by atoms with van der Waals surface area (Å²) in [5, 5.41) is 7.80. The highest BCUT2D eigenvalue weighted by Crippen LogP contribution is 2.31. The maximum atomic E-state index is 6.17. The van der Waals surface area contributed by atoms with Crippen molar-refractivity contribution in [2.75, 3.05) is 11.1 Å². The molecule has 0 saturated heterocycles. The molecule has 5 heteroatoms. The van der Waals surface area contributed by atoms with Crippen LogP contribution < -0.4 is 11.1 Å². The second-order valence-corrected chi connectivity index (χ2v) is 5.87. The van der Waals surface area contributed by atoms with Gasteiger partial charge in [-0.15, -0.1) is 0 Å². The summed E-state index contributed by atoms with van der Waals surface area (Å²) < 4.78 is 2.89. The number of rotatable bonds is 3. The number of nitrogens with two attached hydrogens (primary N) is 1. The molecule has 0 aliphatic rings. The Hall–Kier alpha value is -1.49. The third-order valence-electron chi connectivity index (χ3n) is 3.08. The molecule has 1 aromatic carbocycles. The van der Waals surface area contributed by atoms with Crippen LogP contribution in [0.1, 0.15) is 31.0 Å². The molecule has 0 saturated carbocycles. The molecule has 0 aliphatic heterocycles. The number of aryl methyl sites for hydroxylation is 2. The Morgan fingerprint density at radius 3 is 2.58 bits per heavy atom. The van der Waals surface area contributed by atoms with Gasteiger partial charge < -0.3 is 11.1 Å². The normalized spacial score (nSPS) is 11.1. The van der Waals surface area contributed by atoms with E-state index >= 15 is 0 Å². The zero-order chi connectivity index (χ0) is 14.2. The van der Waals surface area contributed by atoms with Crippen LogP contribution in [0.25, 0.3) is 0 Å². The fraction of sp³-hybridized carbons (Fsp3) is 0.357. The first kappa shape index (κ1) is 13.9. The molecule has 4 nitrogen and oxygen atoms in total. The zero-order valence-electron chi connectivity index (χ0n) is 11.7. The van der Waals surface area contributed by atoms with Crippen LogP contribution in [0.5, 0.6) is 0 Å². The lowest BCUT2D eigenvalue weighted by molar-refractivity contribution is 0.718. The van der Waals surface area contributed by atoms with E-state index in [4.69, 9.17) is 5.73 Å². The molecule has 0 spiro atoms. The smallest absolute Gasteiger partial charge is 0.152 e. The molecular formula is C14H19BrN4. The van der Waals surface area contributed by atoms with Crippen molar-refractivity contribution in [3.63, 3.8) is 0 Å². The number of nitrogen functional groups attached to an aromatic ring is 1. The van der Waals surface area contributed by atoms with Gasteiger partial charge in [-0.3, -0.25) is 4.68 Å². The molecule has 19 heavy (non-hydrogen) atoms. The summed E-state index contributed by atoms with van der Waals surface area (Å²) in [4.78, 5) is 0. The average molecular weight is 323 g/mol. The Morgan fingerprint density at radius 2 is 2.05 bits per heavy atom. The Bertz CT molecular complexity index is 602. The molecule has 0 radical (unpaired) electrons. The minimum Gasteiger partial charge on any atom is -0.394 e. The Balaban J connectivity index is 2.35. The van der Waals surface area contributed by atoms with Crippen LogP contribution in [0.2, 0.25) is 0 Å². The van der Waals surface area contributed by atoms with Crippen LogP contribution in [0.3, 0.4) is 0 Å². The number of halogens is 1. The van der Waals surface area contributed by atoms with Crippen LogP contribution in [-0.2, 0) is 7.05 Å². The lowest BCUT2D eigenvalue weighted by Crippen LogP contribution is -2.01. The third kappa shape index (κ3) is 2.76. The molecule has 2 aromatic rings. The number of aromatic nitrogens is 2. The Kier molecular flexibility index (Phi) is 3.85. The van der Waals surface area contributed by atoms with Crippen molar-refractivity contribution in [2.24, 2.45) is 7.05 Å². The van der Waals surface area contributed by atoms with Crippen molar-refractivity contribution in [2.45, 2.75) is 26.7 Å². The van der Waals surface area contributed by atoms with E-state index in [9.17, 15) is 0 Å². The van der Waals surface area contributed by atoms with Crippen molar-refractivity contribution in [3.8, 4) is 0 Å². The topological polar surface area (TPSA) is 55.9 Å². The molecule has 0 amide bonds. The van der Waals surface area contributed by atoms with E-state index in [2.05, 4.69) is 53.2 Å². The van der Waals surface area contributed by atoms with Crippen LogP contribution in [0.15, 0.2) is 22.7 Å². The van der Waals surface area contributed by atoms with E-state index in [-0.39, 0.29) is 0 Å². The summed E-state index contributed by atoms with van der Waals surface area (Å²) in [5.41, 5.74) is 10.00.